The molecular formula is C21H23N5O2. The first-order valence-corrected chi connectivity index (χ1v) is 8.93. The van der Waals surface area contributed by atoms with Crippen LogP contribution < -0.4 is 15.5 Å². The van der Waals surface area contributed by atoms with E-state index in [9.17, 15) is 9.59 Å². The molecule has 0 aliphatic heterocycles. The number of amides is 2. The summed E-state index contributed by atoms with van der Waals surface area (Å²) in [5.41, 5.74) is 2.71. The summed E-state index contributed by atoms with van der Waals surface area (Å²) in [5.74, 6) is -0.400. The molecule has 2 aromatic carbocycles. The number of hydrogen-bond acceptors (Lipinski definition) is 4. The third-order valence-corrected chi connectivity index (χ3v) is 4.31. The maximum Gasteiger partial charge on any atom is 0.255 e. The molecule has 0 saturated heterocycles. The van der Waals surface area contributed by atoms with Crippen LogP contribution >= 0.6 is 0 Å². The molecule has 7 nitrogen and oxygen atoms in total. The Bertz CT molecular complexity index is 966. The van der Waals surface area contributed by atoms with E-state index in [1.54, 1.807) is 60.4 Å². The Morgan fingerprint density at radius 2 is 1.71 bits per heavy atom. The van der Waals surface area contributed by atoms with Crippen LogP contribution in [-0.2, 0) is 4.79 Å². The highest BCUT2D eigenvalue weighted by Crippen LogP contribution is 2.19. The summed E-state index contributed by atoms with van der Waals surface area (Å²) in [6, 6.07) is 15.8. The van der Waals surface area contributed by atoms with E-state index in [0.717, 1.165) is 5.69 Å². The van der Waals surface area contributed by atoms with Crippen molar-refractivity contribution < 1.29 is 9.59 Å². The lowest BCUT2D eigenvalue weighted by molar-refractivity contribution is -0.119. The number of nitrogens with zero attached hydrogens (tertiary/aromatic N) is 3. The molecule has 0 bridgehead atoms. The molecule has 0 aliphatic carbocycles. The van der Waals surface area contributed by atoms with Crippen LogP contribution in [0.4, 0.5) is 17.1 Å². The first kappa shape index (κ1) is 19.2. The van der Waals surface area contributed by atoms with Crippen molar-refractivity contribution in [3.63, 3.8) is 0 Å². The van der Waals surface area contributed by atoms with Crippen LogP contribution in [-0.4, -0.2) is 35.7 Å². The summed E-state index contributed by atoms with van der Waals surface area (Å²) in [6.07, 6.45) is 3.37. The number of aromatic nitrogens is 2. The van der Waals surface area contributed by atoms with Gasteiger partial charge in [0.2, 0.25) is 5.91 Å². The van der Waals surface area contributed by atoms with Crippen molar-refractivity contribution in [2.24, 2.45) is 0 Å². The molecule has 0 spiro atoms. The Hall–Kier alpha value is -3.61. The lowest BCUT2D eigenvalue weighted by atomic mass is 10.1. The van der Waals surface area contributed by atoms with E-state index < -0.39 is 6.04 Å². The van der Waals surface area contributed by atoms with Crippen LogP contribution in [0.5, 0.6) is 0 Å². The molecular weight excluding hydrogens is 354 g/mol. The zero-order valence-electron chi connectivity index (χ0n) is 16.1. The molecule has 0 fully saturated rings. The molecule has 144 valence electrons. The number of hydrogen-bond donors (Lipinski definition) is 2. The number of rotatable bonds is 6. The van der Waals surface area contributed by atoms with Crippen LogP contribution in [0.15, 0.2) is 67.0 Å². The molecule has 0 saturated carbocycles. The molecule has 0 aliphatic rings. The molecule has 28 heavy (non-hydrogen) atoms. The topological polar surface area (TPSA) is 79.3 Å². The summed E-state index contributed by atoms with van der Waals surface area (Å²) >= 11 is 0. The number of anilines is 3. The lowest BCUT2D eigenvalue weighted by Crippen LogP contribution is -2.24. The van der Waals surface area contributed by atoms with E-state index in [4.69, 9.17) is 0 Å². The minimum Gasteiger partial charge on any atom is -0.378 e. The van der Waals surface area contributed by atoms with Crippen molar-refractivity contribution in [2.45, 2.75) is 13.0 Å². The maximum atomic E-state index is 12.6. The first-order chi connectivity index (χ1) is 13.4. The van der Waals surface area contributed by atoms with Gasteiger partial charge in [0, 0.05) is 49.1 Å². The van der Waals surface area contributed by atoms with Gasteiger partial charge in [-0.15, -0.1) is 0 Å². The molecule has 2 amide bonds. The molecule has 1 aromatic heterocycles. The lowest BCUT2D eigenvalue weighted by Gasteiger charge is -2.14. The molecule has 7 heteroatoms. The van der Waals surface area contributed by atoms with E-state index in [1.165, 1.54) is 0 Å². The SMILES string of the molecule is CC(C(=O)Nc1cccc(NC(=O)c2cccc(N(C)C)c2)c1)n1cccn1. The summed E-state index contributed by atoms with van der Waals surface area (Å²) in [7, 11) is 3.85. The van der Waals surface area contributed by atoms with Gasteiger partial charge in [0.25, 0.3) is 5.91 Å². The minimum absolute atomic E-state index is 0.189. The standard InChI is InChI=1S/C21H23N5O2/c1-15(26-12-6-11-22-26)20(27)23-17-8-5-9-18(14-17)24-21(28)16-7-4-10-19(13-16)25(2)3/h4-15H,1-3H3,(H,23,27)(H,24,28). The number of benzene rings is 2. The second-order valence-electron chi connectivity index (χ2n) is 6.63. The zero-order valence-corrected chi connectivity index (χ0v) is 16.1. The second kappa shape index (κ2) is 8.39. The Labute approximate surface area is 164 Å². The normalized spacial score (nSPS) is 11.5. The van der Waals surface area contributed by atoms with Gasteiger partial charge in [0.1, 0.15) is 6.04 Å². The van der Waals surface area contributed by atoms with Gasteiger partial charge in [0.15, 0.2) is 0 Å². The Morgan fingerprint density at radius 1 is 1.00 bits per heavy atom. The predicted molar refractivity (Wildman–Crippen MR) is 111 cm³/mol. The molecule has 1 heterocycles. The number of carbonyl (C=O) groups is 2. The largest absolute Gasteiger partial charge is 0.378 e. The van der Waals surface area contributed by atoms with E-state index >= 15 is 0 Å². The highest BCUT2D eigenvalue weighted by atomic mass is 16.2. The Morgan fingerprint density at radius 3 is 2.39 bits per heavy atom. The van der Waals surface area contributed by atoms with Crippen LogP contribution in [0.1, 0.15) is 23.3 Å². The van der Waals surface area contributed by atoms with Gasteiger partial charge in [-0.1, -0.05) is 12.1 Å². The zero-order chi connectivity index (χ0) is 20.1. The second-order valence-corrected chi connectivity index (χ2v) is 6.63. The fraction of sp³-hybridized carbons (Fsp3) is 0.190. The molecule has 2 N–H and O–H groups in total. The number of nitrogens with one attached hydrogen (secondary N) is 2. The average Bonchev–Trinajstić information content (AvgIpc) is 3.22. The van der Waals surface area contributed by atoms with Gasteiger partial charge in [0.05, 0.1) is 0 Å². The minimum atomic E-state index is -0.443. The van der Waals surface area contributed by atoms with Crippen molar-refractivity contribution in [1.29, 1.82) is 0 Å². The monoisotopic (exact) mass is 377 g/mol. The first-order valence-electron chi connectivity index (χ1n) is 8.93. The van der Waals surface area contributed by atoms with Crippen molar-refractivity contribution in [3.8, 4) is 0 Å². The molecule has 3 aromatic rings. The van der Waals surface area contributed by atoms with Crippen molar-refractivity contribution in [2.75, 3.05) is 29.6 Å². The number of carbonyl (C=O) groups excluding carboxylic acids is 2. The highest BCUT2D eigenvalue weighted by molar-refractivity contribution is 6.05. The summed E-state index contributed by atoms with van der Waals surface area (Å²) < 4.78 is 1.58. The summed E-state index contributed by atoms with van der Waals surface area (Å²) in [5, 5.41) is 9.80. The van der Waals surface area contributed by atoms with Gasteiger partial charge >= 0.3 is 0 Å². The van der Waals surface area contributed by atoms with E-state index in [-0.39, 0.29) is 11.8 Å². The van der Waals surface area contributed by atoms with Crippen LogP contribution in [0, 0.1) is 0 Å². The summed E-state index contributed by atoms with van der Waals surface area (Å²) in [4.78, 5) is 26.9. The molecule has 1 atom stereocenters. The smallest absolute Gasteiger partial charge is 0.255 e. The van der Waals surface area contributed by atoms with Crippen molar-refractivity contribution in [3.05, 3.63) is 72.6 Å². The van der Waals surface area contributed by atoms with Gasteiger partial charge < -0.3 is 15.5 Å². The Balaban J connectivity index is 1.68. The fourth-order valence-corrected chi connectivity index (χ4v) is 2.68. The van der Waals surface area contributed by atoms with Gasteiger partial charge in [-0.3, -0.25) is 14.3 Å². The van der Waals surface area contributed by atoms with Crippen LogP contribution in [0.2, 0.25) is 0 Å². The molecule has 3 rings (SSSR count). The summed E-state index contributed by atoms with van der Waals surface area (Å²) in [6.45, 7) is 1.77. The third kappa shape index (κ3) is 4.56. The third-order valence-electron chi connectivity index (χ3n) is 4.31. The quantitative estimate of drug-likeness (QED) is 0.690. The Kier molecular flexibility index (Phi) is 5.74. The van der Waals surface area contributed by atoms with E-state index in [0.29, 0.717) is 16.9 Å². The van der Waals surface area contributed by atoms with E-state index in [1.807, 2.05) is 37.2 Å². The fourth-order valence-electron chi connectivity index (χ4n) is 2.68. The van der Waals surface area contributed by atoms with Crippen molar-refractivity contribution >= 4 is 28.9 Å². The molecule has 1 unspecified atom stereocenters. The highest BCUT2D eigenvalue weighted by Gasteiger charge is 2.15. The average molecular weight is 377 g/mol. The molecule has 0 radical (unpaired) electrons. The van der Waals surface area contributed by atoms with Gasteiger partial charge in [-0.25, -0.2) is 0 Å². The predicted octanol–water partition coefficient (Wildman–Crippen LogP) is 3.40. The van der Waals surface area contributed by atoms with Crippen molar-refractivity contribution in [1.82, 2.24) is 9.78 Å². The van der Waals surface area contributed by atoms with Crippen LogP contribution in [0.25, 0.3) is 0 Å². The van der Waals surface area contributed by atoms with E-state index in [2.05, 4.69) is 15.7 Å². The maximum absolute atomic E-state index is 12.6. The van der Waals surface area contributed by atoms with Gasteiger partial charge in [-0.05, 0) is 49.4 Å². The van der Waals surface area contributed by atoms with Crippen LogP contribution in [0.3, 0.4) is 0 Å². The van der Waals surface area contributed by atoms with Gasteiger partial charge in [-0.2, -0.15) is 5.10 Å².